The highest BCUT2D eigenvalue weighted by Gasteiger charge is 2.76. The van der Waals surface area contributed by atoms with E-state index in [0.717, 1.165) is 23.0 Å². The summed E-state index contributed by atoms with van der Waals surface area (Å²) in [5.74, 6) is 1.59. The van der Waals surface area contributed by atoms with E-state index in [9.17, 15) is 4.79 Å². The number of ether oxygens (including phenoxy) is 1. The molecule has 31 heavy (non-hydrogen) atoms. The van der Waals surface area contributed by atoms with E-state index in [1.165, 1.54) is 6.42 Å². The number of piperidine rings is 1. The summed E-state index contributed by atoms with van der Waals surface area (Å²) in [4.78, 5) is 33.2. The molecule has 1 spiro atoms. The zero-order chi connectivity index (χ0) is 21.2. The van der Waals surface area contributed by atoms with Crippen molar-refractivity contribution in [2.24, 2.45) is 11.3 Å². The summed E-state index contributed by atoms with van der Waals surface area (Å²) in [5.41, 5.74) is 2.25. The first-order valence-corrected chi connectivity index (χ1v) is 11.2. The van der Waals surface area contributed by atoms with E-state index >= 15 is 0 Å². The summed E-state index contributed by atoms with van der Waals surface area (Å²) in [6.07, 6.45) is 8.91. The van der Waals surface area contributed by atoms with Crippen molar-refractivity contribution in [3.05, 3.63) is 64.8 Å². The SMILES string of the molecule is Cc1cnc(C(=O)N2CC3CC34CC(Oc3ccc(Br)cn3)C24)c(-c2ncccn2)c1. The van der Waals surface area contributed by atoms with Crippen molar-refractivity contribution in [3.63, 3.8) is 0 Å². The summed E-state index contributed by atoms with van der Waals surface area (Å²) < 4.78 is 7.10. The van der Waals surface area contributed by atoms with Gasteiger partial charge in [-0.15, -0.1) is 0 Å². The lowest BCUT2D eigenvalue weighted by Crippen LogP contribution is -2.59. The number of carbonyl (C=O) groups excluding carboxylic acids is 1. The number of aryl methyl sites for hydroxylation is 1. The van der Waals surface area contributed by atoms with E-state index in [1.807, 2.05) is 30.0 Å². The summed E-state index contributed by atoms with van der Waals surface area (Å²) in [6, 6.07) is 7.52. The normalized spacial score (nSPS) is 27.8. The first kappa shape index (κ1) is 18.9. The van der Waals surface area contributed by atoms with Crippen LogP contribution in [-0.4, -0.2) is 49.4 Å². The quantitative estimate of drug-likeness (QED) is 0.569. The summed E-state index contributed by atoms with van der Waals surface area (Å²) in [5, 5.41) is 0. The Kier molecular flexibility index (Phi) is 4.15. The Balaban J connectivity index is 1.30. The van der Waals surface area contributed by atoms with E-state index in [0.29, 0.717) is 28.9 Å². The zero-order valence-electron chi connectivity index (χ0n) is 16.9. The number of aromatic nitrogens is 4. The van der Waals surface area contributed by atoms with Crippen LogP contribution in [0.2, 0.25) is 0 Å². The van der Waals surface area contributed by atoms with Crippen molar-refractivity contribution in [3.8, 4) is 17.3 Å². The molecule has 4 heterocycles. The van der Waals surface area contributed by atoms with Gasteiger partial charge in [0.25, 0.3) is 5.91 Å². The predicted molar refractivity (Wildman–Crippen MR) is 116 cm³/mol. The lowest BCUT2D eigenvalue weighted by atomic mass is 9.73. The Bertz CT molecular complexity index is 1170. The van der Waals surface area contributed by atoms with Gasteiger partial charge in [0.1, 0.15) is 11.8 Å². The smallest absolute Gasteiger partial charge is 0.273 e. The fourth-order valence-electron chi connectivity index (χ4n) is 5.32. The van der Waals surface area contributed by atoms with Crippen molar-refractivity contribution in [2.75, 3.05) is 6.54 Å². The topological polar surface area (TPSA) is 81.1 Å². The van der Waals surface area contributed by atoms with Crippen LogP contribution in [0.4, 0.5) is 0 Å². The Hall–Kier alpha value is -2.87. The van der Waals surface area contributed by atoms with Crippen molar-refractivity contribution in [2.45, 2.75) is 31.9 Å². The van der Waals surface area contributed by atoms with Gasteiger partial charge in [0.2, 0.25) is 5.88 Å². The maximum Gasteiger partial charge on any atom is 0.273 e. The maximum absolute atomic E-state index is 13.7. The maximum atomic E-state index is 13.7. The molecule has 6 rings (SSSR count). The second kappa shape index (κ2) is 6.82. The van der Waals surface area contributed by atoms with Crippen LogP contribution in [0.5, 0.6) is 5.88 Å². The van der Waals surface area contributed by atoms with Crippen LogP contribution in [-0.2, 0) is 0 Å². The van der Waals surface area contributed by atoms with E-state index in [2.05, 4.69) is 35.9 Å². The van der Waals surface area contributed by atoms with Crippen molar-refractivity contribution in [1.29, 1.82) is 0 Å². The van der Waals surface area contributed by atoms with E-state index in [-0.39, 0.29) is 23.5 Å². The third kappa shape index (κ3) is 2.96. The minimum atomic E-state index is -0.0731. The number of likely N-dealkylation sites (tertiary alicyclic amines) is 1. The fourth-order valence-corrected chi connectivity index (χ4v) is 5.56. The summed E-state index contributed by atoms with van der Waals surface area (Å²) in [6.45, 7) is 2.70. The van der Waals surface area contributed by atoms with Gasteiger partial charge in [0, 0.05) is 47.3 Å². The molecule has 0 aromatic carbocycles. The van der Waals surface area contributed by atoms with E-state index < -0.39 is 0 Å². The van der Waals surface area contributed by atoms with Gasteiger partial charge in [-0.25, -0.2) is 15.0 Å². The number of nitrogens with zero attached hydrogens (tertiary/aromatic N) is 5. The van der Waals surface area contributed by atoms with Gasteiger partial charge in [-0.05, 0) is 65.4 Å². The summed E-state index contributed by atoms with van der Waals surface area (Å²) in [7, 11) is 0. The van der Waals surface area contributed by atoms with Crippen LogP contribution in [0.3, 0.4) is 0 Å². The van der Waals surface area contributed by atoms with Crippen molar-refractivity contribution < 1.29 is 9.53 Å². The number of rotatable bonds is 4. The Morgan fingerprint density at radius 1 is 1.16 bits per heavy atom. The number of halogens is 1. The molecular weight excluding hydrogens is 458 g/mol. The standard InChI is InChI=1S/C23H20BrN5O2/c1-13-7-16(21-25-5-2-6-26-21)19(28-10-13)22(30)29-12-14-8-23(14)9-17(20(23)29)31-18-4-3-15(24)11-27-18/h2-7,10-11,14,17,20H,8-9,12H2,1H3. The molecule has 8 heteroatoms. The molecule has 2 aliphatic carbocycles. The van der Waals surface area contributed by atoms with Gasteiger partial charge in [0.15, 0.2) is 5.82 Å². The molecule has 0 radical (unpaired) electrons. The lowest BCUT2D eigenvalue weighted by Gasteiger charge is -2.46. The minimum absolute atomic E-state index is 0.0491. The monoisotopic (exact) mass is 477 g/mol. The zero-order valence-corrected chi connectivity index (χ0v) is 18.5. The molecule has 156 valence electrons. The molecule has 0 N–H and O–H groups in total. The predicted octanol–water partition coefficient (Wildman–Crippen LogP) is 3.69. The third-order valence-corrected chi connectivity index (χ3v) is 7.29. The summed E-state index contributed by atoms with van der Waals surface area (Å²) >= 11 is 3.40. The first-order chi connectivity index (χ1) is 15.0. The Morgan fingerprint density at radius 2 is 2.00 bits per heavy atom. The van der Waals surface area contributed by atoms with Crippen LogP contribution < -0.4 is 4.74 Å². The number of carbonyl (C=O) groups is 1. The second-order valence-electron chi connectivity index (χ2n) is 8.69. The van der Waals surface area contributed by atoms with Crippen LogP contribution in [0.15, 0.2) is 53.5 Å². The van der Waals surface area contributed by atoms with Crippen LogP contribution in [0, 0.1) is 18.3 Å². The highest BCUT2D eigenvalue weighted by atomic mass is 79.9. The fraction of sp³-hybridized carbons (Fsp3) is 0.348. The average Bonchev–Trinajstić information content (AvgIpc) is 3.43. The van der Waals surface area contributed by atoms with Gasteiger partial charge < -0.3 is 9.64 Å². The molecule has 7 nitrogen and oxygen atoms in total. The molecule has 3 fully saturated rings. The van der Waals surface area contributed by atoms with Gasteiger partial charge in [-0.1, -0.05) is 0 Å². The van der Waals surface area contributed by atoms with Crippen molar-refractivity contribution >= 4 is 21.8 Å². The highest BCUT2D eigenvalue weighted by molar-refractivity contribution is 9.10. The largest absolute Gasteiger partial charge is 0.472 e. The van der Waals surface area contributed by atoms with E-state index in [1.54, 1.807) is 30.9 Å². The third-order valence-electron chi connectivity index (χ3n) is 6.82. The van der Waals surface area contributed by atoms with Crippen LogP contribution in [0.1, 0.15) is 28.9 Å². The van der Waals surface area contributed by atoms with Gasteiger partial charge in [-0.3, -0.25) is 9.78 Å². The average molecular weight is 478 g/mol. The Morgan fingerprint density at radius 3 is 2.77 bits per heavy atom. The van der Waals surface area contributed by atoms with Gasteiger partial charge in [0.05, 0.1) is 11.6 Å². The molecule has 1 amide bonds. The molecule has 1 saturated heterocycles. The minimum Gasteiger partial charge on any atom is -0.472 e. The molecule has 1 aliphatic heterocycles. The molecular formula is C23H20BrN5O2. The molecule has 3 aromatic heterocycles. The van der Waals surface area contributed by atoms with E-state index in [4.69, 9.17) is 4.74 Å². The number of hydrogen-bond donors (Lipinski definition) is 0. The molecule has 0 bridgehead atoms. The van der Waals surface area contributed by atoms with Gasteiger partial charge >= 0.3 is 0 Å². The molecule has 4 unspecified atom stereocenters. The molecule has 3 aromatic rings. The molecule has 4 atom stereocenters. The van der Waals surface area contributed by atoms with Crippen molar-refractivity contribution in [1.82, 2.24) is 24.8 Å². The number of hydrogen-bond acceptors (Lipinski definition) is 6. The van der Waals surface area contributed by atoms with Crippen LogP contribution in [0.25, 0.3) is 11.4 Å². The lowest BCUT2D eigenvalue weighted by molar-refractivity contribution is -0.0347. The van der Waals surface area contributed by atoms with Crippen LogP contribution >= 0.6 is 15.9 Å². The first-order valence-electron chi connectivity index (χ1n) is 10.4. The molecule has 2 saturated carbocycles. The Labute approximate surface area is 188 Å². The highest BCUT2D eigenvalue weighted by Crippen LogP contribution is 2.71. The number of pyridine rings is 2. The molecule has 3 aliphatic rings. The number of amides is 1. The van der Waals surface area contributed by atoms with Gasteiger partial charge in [-0.2, -0.15) is 0 Å². The second-order valence-corrected chi connectivity index (χ2v) is 9.61.